The van der Waals surface area contributed by atoms with Gasteiger partial charge in [0.25, 0.3) is 0 Å². The highest BCUT2D eigenvalue weighted by Gasteiger charge is 2.10. The molecule has 4 heteroatoms. The van der Waals surface area contributed by atoms with E-state index >= 15 is 0 Å². The SMILES string of the molecule is CCN(Cc1cc(C(N)=S)ccc1F)c1ccc(C)cc1. The summed E-state index contributed by atoms with van der Waals surface area (Å²) in [6.45, 7) is 5.38. The molecule has 0 aromatic heterocycles. The number of anilines is 1. The fraction of sp³-hybridized carbons (Fsp3) is 0.235. The molecule has 0 unspecified atom stereocenters. The molecule has 0 radical (unpaired) electrons. The maximum atomic E-state index is 14.0. The van der Waals surface area contributed by atoms with Crippen molar-refractivity contribution in [2.24, 2.45) is 5.73 Å². The highest BCUT2D eigenvalue weighted by Crippen LogP contribution is 2.20. The zero-order valence-corrected chi connectivity index (χ0v) is 13.1. The van der Waals surface area contributed by atoms with Gasteiger partial charge in [0.2, 0.25) is 0 Å². The van der Waals surface area contributed by atoms with Crippen molar-refractivity contribution in [2.75, 3.05) is 11.4 Å². The van der Waals surface area contributed by atoms with Crippen molar-refractivity contribution < 1.29 is 4.39 Å². The lowest BCUT2D eigenvalue weighted by molar-refractivity contribution is 0.605. The molecule has 0 atom stereocenters. The van der Waals surface area contributed by atoms with Crippen molar-refractivity contribution in [1.82, 2.24) is 0 Å². The number of nitrogens with zero attached hydrogens (tertiary/aromatic N) is 1. The van der Waals surface area contributed by atoms with Crippen LogP contribution in [0.1, 0.15) is 23.6 Å². The highest BCUT2D eigenvalue weighted by molar-refractivity contribution is 7.80. The average Bonchev–Trinajstić information content (AvgIpc) is 2.47. The summed E-state index contributed by atoms with van der Waals surface area (Å²) in [6.07, 6.45) is 0. The van der Waals surface area contributed by atoms with Gasteiger partial charge in [0.1, 0.15) is 10.8 Å². The topological polar surface area (TPSA) is 29.3 Å². The van der Waals surface area contributed by atoms with E-state index in [1.807, 2.05) is 19.1 Å². The summed E-state index contributed by atoms with van der Waals surface area (Å²) in [4.78, 5) is 2.40. The summed E-state index contributed by atoms with van der Waals surface area (Å²) in [5.74, 6) is -0.236. The van der Waals surface area contributed by atoms with Gasteiger partial charge < -0.3 is 10.6 Å². The van der Waals surface area contributed by atoms with Gasteiger partial charge in [-0.2, -0.15) is 0 Å². The molecular weight excluding hydrogens is 283 g/mol. The predicted octanol–water partition coefficient (Wildman–Crippen LogP) is 3.79. The van der Waals surface area contributed by atoms with Gasteiger partial charge in [-0.3, -0.25) is 0 Å². The lowest BCUT2D eigenvalue weighted by Gasteiger charge is -2.24. The number of benzene rings is 2. The molecule has 0 amide bonds. The molecule has 2 aromatic carbocycles. The lowest BCUT2D eigenvalue weighted by Crippen LogP contribution is -2.23. The quantitative estimate of drug-likeness (QED) is 0.852. The van der Waals surface area contributed by atoms with Crippen LogP contribution in [0.25, 0.3) is 0 Å². The summed E-state index contributed by atoms with van der Waals surface area (Å²) in [7, 11) is 0. The Labute approximate surface area is 130 Å². The first-order valence-corrected chi connectivity index (χ1v) is 7.32. The Morgan fingerprint density at radius 2 is 1.86 bits per heavy atom. The van der Waals surface area contributed by atoms with Crippen molar-refractivity contribution >= 4 is 22.9 Å². The molecule has 0 fully saturated rings. The van der Waals surface area contributed by atoms with E-state index in [1.165, 1.54) is 11.6 Å². The summed E-state index contributed by atoms with van der Waals surface area (Å²) in [6, 6.07) is 13.0. The third-order valence-electron chi connectivity index (χ3n) is 3.47. The van der Waals surface area contributed by atoms with E-state index in [9.17, 15) is 4.39 Å². The van der Waals surface area contributed by atoms with Crippen LogP contribution in [-0.2, 0) is 6.54 Å². The van der Waals surface area contributed by atoms with Gasteiger partial charge in [0, 0.05) is 29.9 Å². The Bertz CT molecular complexity index is 638. The molecule has 110 valence electrons. The number of rotatable bonds is 5. The Balaban J connectivity index is 2.28. The second-order valence-electron chi connectivity index (χ2n) is 5.02. The van der Waals surface area contributed by atoms with E-state index in [-0.39, 0.29) is 10.8 Å². The minimum Gasteiger partial charge on any atom is -0.389 e. The lowest BCUT2D eigenvalue weighted by atomic mass is 10.1. The normalized spacial score (nSPS) is 10.4. The standard InChI is InChI=1S/C17H19FN2S/c1-3-20(15-7-4-12(2)5-8-15)11-14-10-13(17(19)21)6-9-16(14)18/h4-10H,3,11H2,1-2H3,(H2,19,21). The molecule has 0 aliphatic heterocycles. The van der Waals surface area contributed by atoms with Crippen LogP contribution in [0.4, 0.5) is 10.1 Å². The first-order valence-electron chi connectivity index (χ1n) is 6.91. The summed E-state index contributed by atoms with van der Waals surface area (Å²) >= 11 is 4.96. The fourth-order valence-corrected chi connectivity index (χ4v) is 2.32. The Hall–Kier alpha value is -1.94. The van der Waals surface area contributed by atoms with Crippen molar-refractivity contribution in [3.05, 3.63) is 65.0 Å². The maximum Gasteiger partial charge on any atom is 0.128 e. The van der Waals surface area contributed by atoms with Crippen molar-refractivity contribution in [1.29, 1.82) is 0 Å². The van der Waals surface area contributed by atoms with Crippen molar-refractivity contribution in [2.45, 2.75) is 20.4 Å². The highest BCUT2D eigenvalue weighted by atomic mass is 32.1. The van der Waals surface area contributed by atoms with E-state index in [0.717, 1.165) is 12.2 Å². The third kappa shape index (κ3) is 3.79. The van der Waals surface area contributed by atoms with Crippen LogP contribution in [0.5, 0.6) is 0 Å². The summed E-state index contributed by atoms with van der Waals surface area (Å²) in [5, 5.41) is 0. The monoisotopic (exact) mass is 302 g/mol. The van der Waals surface area contributed by atoms with Crippen LogP contribution in [0.3, 0.4) is 0 Å². The van der Waals surface area contributed by atoms with E-state index in [2.05, 4.69) is 24.0 Å². The molecule has 2 rings (SSSR count). The minimum absolute atomic E-state index is 0.236. The molecule has 2 N–H and O–H groups in total. The van der Waals surface area contributed by atoms with Gasteiger partial charge in [-0.15, -0.1) is 0 Å². The van der Waals surface area contributed by atoms with Gasteiger partial charge >= 0.3 is 0 Å². The average molecular weight is 302 g/mol. The first kappa shape index (κ1) is 15.4. The van der Waals surface area contributed by atoms with Gasteiger partial charge in [0.05, 0.1) is 0 Å². The molecular formula is C17H19FN2S. The van der Waals surface area contributed by atoms with Crippen molar-refractivity contribution in [3.8, 4) is 0 Å². The zero-order valence-electron chi connectivity index (χ0n) is 12.3. The van der Waals surface area contributed by atoms with Gasteiger partial charge in [-0.05, 0) is 44.2 Å². The van der Waals surface area contributed by atoms with Crippen LogP contribution in [0.2, 0.25) is 0 Å². The van der Waals surface area contributed by atoms with Crippen LogP contribution >= 0.6 is 12.2 Å². The van der Waals surface area contributed by atoms with E-state index in [4.69, 9.17) is 18.0 Å². The van der Waals surface area contributed by atoms with Crippen LogP contribution in [0, 0.1) is 12.7 Å². The molecule has 2 aromatic rings. The molecule has 0 bridgehead atoms. The molecule has 2 nitrogen and oxygen atoms in total. The maximum absolute atomic E-state index is 14.0. The van der Waals surface area contributed by atoms with Crippen molar-refractivity contribution in [3.63, 3.8) is 0 Å². The van der Waals surface area contributed by atoms with E-state index in [1.54, 1.807) is 12.1 Å². The summed E-state index contributed by atoms with van der Waals surface area (Å²) in [5.41, 5.74) is 9.19. The van der Waals surface area contributed by atoms with E-state index in [0.29, 0.717) is 17.7 Å². The second kappa shape index (κ2) is 6.68. The number of nitrogens with two attached hydrogens (primary N) is 1. The van der Waals surface area contributed by atoms with E-state index < -0.39 is 0 Å². The third-order valence-corrected chi connectivity index (χ3v) is 3.71. The molecule has 0 spiro atoms. The van der Waals surface area contributed by atoms with Crippen LogP contribution in [-0.4, -0.2) is 11.5 Å². The molecule has 0 heterocycles. The number of hydrogen-bond donors (Lipinski definition) is 1. The van der Waals surface area contributed by atoms with Crippen LogP contribution in [0.15, 0.2) is 42.5 Å². The molecule has 0 saturated heterocycles. The largest absolute Gasteiger partial charge is 0.389 e. The van der Waals surface area contributed by atoms with Gasteiger partial charge in [-0.25, -0.2) is 4.39 Å². The Kier molecular flexibility index (Phi) is 4.91. The van der Waals surface area contributed by atoms with Crippen LogP contribution < -0.4 is 10.6 Å². The second-order valence-corrected chi connectivity index (χ2v) is 5.46. The first-order chi connectivity index (χ1) is 10.0. The number of aryl methyl sites for hydroxylation is 1. The smallest absolute Gasteiger partial charge is 0.128 e. The Morgan fingerprint density at radius 3 is 2.43 bits per heavy atom. The molecule has 0 aliphatic rings. The van der Waals surface area contributed by atoms with Gasteiger partial charge in [-0.1, -0.05) is 29.9 Å². The minimum atomic E-state index is -0.236. The molecule has 0 aliphatic carbocycles. The van der Waals surface area contributed by atoms with Gasteiger partial charge in [0.15, 0.2) is 0 Å². The Morgan fingerprint density at radius 1 is 1.19 bits per heavy atom. The number of thiocarbonyl (C=S) groups is 1. The number of hydrogen-bond acceptors (Lipinski definition) is 2. The predicted molar refractivity (Wildman–Crippen MR) is 90.2 cm³/mol. The summed E-state index contributed by atoms with van der Waals surface area (Å²) < 4.78 is 14.0. The molecule has 21 heavy (non-hydrogen) atoms. The zero-order chi connectivity index (χ0) is 15.4. The molecule has 0 saturated carbocycles. The fourth-order valence-electron chi connectivity index (χ4n) is 2.20. The number of halogens is 1.